The lowest BCUT2D eigenvalue weighted by atomic mass is 10.0. The summed E-state index contributed by atoms with van der Waals surface area (Å²) in [7, 11) is 1.35. The lowest BCUT2D eigenvalue weighted by Gasteiger charge is -2.23. The van der Waals surface area contributed by atoms with Gasteiger partial charge in [-0.1, -0.05) is 31.5 Å². The van der Waals surface area contributed by atoms with Gasteiger partial charge < -0.3 is 10.1 Å². The Labute approximate surface area is 133 Å². The Morgan fingerprint density at radius 1 is 1.33 bits per heavy atom. The molecule has 112 valence electrons. The molecule has 0 saturated heterocycles. The molecule has 2 aromatic rings. The highest BCUT2D eigenvalue weighted by atomic mass is 35.5. The van der Waals surface area contributed by atoms with Crippen molar-refractivity contribution in [3.05, 3.63) is 51.2 Å². The van der Waals surface area contributed by atoms with E-state index in [0.717, 1.165) is 5.69 Å². The van der Waals surface area contributed by atoms with Crippen LogP contribution in [0.4, 0.5) is 5.69 Å². The van der Waals surface area contributed by atoms with Crippen LogP contribution in [0.25, 0.3) is 0 Å². The number of carbonyl (C=O) groups is 1. The van der Waals surface area contributed by atoms with Crippen LogP contribution in [-0.2, 0) is 4.74 Å². The number of carbonyl (C=O) groups excluding carboxylic acids is 1. The van der Waals surface area contributed by atoms with Gasteiger partial charge in [-0.15, -0.1) is 11.3 Å². The van der Waals surface area contributed by atoms with Crippen LogP contribution in [-0.4, -0.2) is 13.1 Å². The summed E-state index contributed by atoms with van der Waals surface area (Å²) in [6.45, 7) is 4.32. The molecule has 0 aliphatic heterocycles. The SMILES string of the molecule is COC(=O)c1cc(NC(c2cccs2)C(C)C)ccc1Cl. The third-order valence-corrected chi connectivity index (χ3v) is 4.50. The molecule has 3 nitrogen and oxygen atoms in total. The second-order valence-electron chi connectivity index (χ2n) is 5.07. The predicted molar refractivity (Wildman–Crippen MR) is 88.3 cm³/mol. The number of rotatable bonds is 5. The molecule has 1 aromatic heterocycles. The van der Waals surface area contributed by atoms with Crippen LogP contribution in [0.1, 0.15) is 35.1 Å². The molecule has 1 heterocycles. The maximum Gasteiger partial charge on any atom is 0.339 e. The van der Waals surface area contributed by atoms with Gasteiger partial charge in [0.1, 0.15) is 0 Å². The first-order valence-electron chi connectivity index (χ1n) is 6.70. The molecule has 0 bridgehead atoms. The Balaban J connectivity index is 2.27. The first kappa shape index (κ1) is 15.9. The number of nitrogens with one attached hydrogen (secondary N) is 1. The number of methoxy groups -OCH3 is 1. The van der Waals surface area contributed by atoms with E-state index in [1.807, 2.05) is 12.1 Å². The summed E-state index contributed by atoms with van der Waals surface area (Å²) >= 11 is 7.76. The summed E-state index contributed by atoms with van der Waals surface area (Å²) in [5.41, 5.74) is 1.23. The number of anilines is 1. The molecule has 0 radical (unpaired) electrons. The van der Waals surface area contributed by atoms with Gasteiger partial charge in [0, 0.05) is 10.6 Å². The van der Waals surface area contributed by atoms with E-state index < -0.39 is 5.97 Å². The minimum atomic E-state index is -0.430. The maximum absolute atomic E-state index is 11.7. The highest BCUT2D eigenvalue weighted by Gasteiger charge is 2.18. The summed E-state index contributed by atoms with van der Waals surface area (Å²) in [6.07, 6.45) is 0. The Kier molecular flexibility index (Phi) is 5.26. The van der Waals surface area contributed by atoms with E-state index in [0.29, 0.717) is 16.5 Å². The van der Waals surface area contributed by atoms with Crippen LogP contribution in [0.5, 0.6) is 0 Å². The van der Waals surface area contributed by atoms with Gasteiger partial charge in [-0.25, -0.2) is 4.79 Å². The third-order valence-electron chi connectivity index (χ3n) is 3.21. The minimum Gasteiger partial charge on any atom is -0.465 e. The van der Waals surface area contributed by atoms with Crippen molar-refractivity contribution in [3.63, 3.8) is 0 Å². The van der Waals surface area contributed by atoms with E-state index in [1.54, 1.807) is 23.5 Å². The Morgan fingerprint density at radius 3 is 2.67 bits per heavy atom. The molecule has 0 saturated carbocycles. The lowest BCUT2D eigenvalue weighted by molar-refractivity contribution is 0.0601. The summed E-state index contributed by atoms with van der Waals surface area (Å²) in [6, 6.07) is 9.66. The standard InChI is InChI=1S/C16H18ClNO2S/c1-10(2)15(14-5-4-8-21-14)18-11-6-7-13(17)12(9-11)16(19)20-3/h4-10,15,18H,1-3H3. The summed E-state index contributed by atoms with van der Waals surface area (Å²) in [5.74, 6) is -0.0122. The fourth-order valence-electron chi connectivity index (χ4n) is 2.10. The Morgan fingerprint density at radius 2 is 2.10 bits per heavy atom. The van der Waals surface area contributed by atoms with Crippen LogP contribution < -0.4 is 5.32 Å². The quantitative estimate of drug-likeness (QED) is 0.787. The molecule has 21 heavy (non-hydrogen) atoms. The fourth-order valence-corrected chi connectivity index (χ4v) is 3.24. The smallest absolute Gasteiger partial charge is 0.339 e. The van der Waals surface area contributed by atoms with Crippen LogP contribution in [0.15, 0.2) is 35.7 Å². The average molecular weight is 324 g/mol. The molecule has 1 aromatic carbocycles. The van der Waals surface area contributed by atoms with Crippen molar-refractivity contribution in [2.45, 2.75) is 19.9 Å². The number of hydrogen-bond acceptors (Lipinski definition) is 4. The van der Waals surface area contributed by atoms with Crippen molar-refractivity contribution in [3.8, 4) is 0 Å². The Hall–Kier alpha value is -1.52. The zero-order chi connectivity index (χ0) is 15.4. The molecule has 0 aliphatic carbocycles. The van der Waals surface area contributed by atoms with Gasteiger partial charge in [0.15, 0.2) is 0 Å². The summed E-state index contributed by atoms with van der Waals surface area (Å²) in [5, 5.41) is 5.93. The van der Waals surface area contributed by atoms with Gasteiger partial charge >= 0.3 is 5.97 Å². The molecule has 0 spiro atoms. The molecular formula is C16H18ClNO2S. The number of esters is 1. The summed E-state index contributed by atoms with van der Waals surface area (Å²) < 4.78 is 4.75. The molecule has 1 N–H and O–H groups in total. The van der Waals surface area contributed by atoms with Crippen molar-refractivity contribution < 1.29 is 9.53 Å². The summed E-state index contributed by atoms with van der Waals surface area (Å²) in [4.78, 5) is 13.0. The molecule has 0 fully saturated rings. The van der Waals surface area contributed by atoms with Gasteiger partial charge in [-0.05, 0) is 35.6 Å². The first-order valence-corrected chi connectivity index (χ1v) is 7.96. The van der Waals surface area contributed by atoms with E-state index >= 15 is 0 Å². The van der Waals surface area contributed by atoms with Gasteiger partial charge in [0.05, 0.1) is 23.7 Å². The second kappa shape index (κ2) is 6.96. The molecule has 5 heteroatoms. The van der Waals surface area contributed by atoms with Crippen molar-refractivity contribution in [2.24, 2.45) is 5.92 Å². The Bertz CT molecular complexity index is 611. The normalized spacial score (nSPS) is 12.2. The highest BCUT2D eigenvalue weighted by molar-refractivity contribution is 7.10. The molecule has 0 amide bonds. The van der Waals surface area contributed by atoms with Gasteiger partial charge in [-0.3, -0.25) is 0 Å². The fraction of sp³-hybridized carbons (Fsp3) is 0.312. The van der Waals surface area contributed by atoms with Crippen molar-refractivity contribution in [1.82, 2.24) is 0 Å². The maximum atomic E-state index is 11.7. The first-order chi connectivity index (χ1) is 10.0. The van der Waals surface area contributed by atoms with E-state index in [2.05, 4.69) is 30.6 Å². The average Bonchev–Trinajstić information content (AvgIpc) is 2.99. The van der Waals surface area contributed by atoms with Gasteiger partial charge in [-0.2, -0.15) is 0 Å². The largest absolute Gasteiger partial charge is 0.465 e. The molecule has 0 aliphatic rings. The van der Waals surface area contributed by atoms with E-state index in [4.69, 9.17) is 16.3 Å². The highest BCUT2D eigenvalue weighted by Crippen LogP contribution is 2.31. The molecule has 2 rings (SSSR count). The number of thiophene rings is 1. The van der Waals surface area contributed by atoms with Gasteiger partial charge in [0.25, 0.3) is 0 Å². The van der Waals surface area contributed by atoms with E-state index in [1.165, 1.54) is 12.0 Å². The second-order valence-corrected chi connectivity index (χ2v) is 6.45. The lowest BCUT2D eigenvalue weighted by Crippen LogP contribution is -2.16. The third kappa shape index (κ3) is 3.77. The zero-order valence-corrected chi connectivity index (χ0v) is 13.8. The number of hydrogen-bond donors (Lipinski definition) is 1. The van der Waals surface area contributed by atoms with Crippen LogP contribution in [0.3, 0.4) is 0 Å². The van der Waals surface area contributed by atoms with Crippen molar-refractivity contribution in [1.29, 1.82) is 0 Å². The topological polar surface area (TPSA) is 38.3 Å². The number of benzene rings is 1. The zero-order valence-electron chi connectivity index (χ0n) is 12.2. The molecular weight excluding hydrogens is 306 g/mol. The molecule has 1 unspecified atom stereocenters. The van der Waals surface area contributed by atoms with Crippen molar-refractivity contribution in [2.75, 3.05) is 12.4 Å². The number of halogens is 1. The van der Waals surface area contributed by atoms with Crippen LogP contribution in [0, 0.1) is 5.92 Å². The van der Waals surface area contributed by atoms with E-state index in [-0.39, 0.29) is 6.04 Å². The number of ether oxygens (including phenoxy) is 1. The minimum absolute atomic E-state index is 0.191. The van der Waals surface area contributed by atoms with Crippen LogP contribution >= 0.6 is 22.9 Å². The van der Waals surface area contributed by atoms with Crippen molar-refractivity contribution >= 4 is 34.6 Å². The van der Waals surface area contributed by atoms with E-state index in [9.17, 15) is 4.79 Å². The molecule has 1 atom stereocenters. The predicted octanol–water partition coefficient (Wildman–Crippen LogP) is 5.00. The van der Waals surface area contributed by atoms with Gasteiger partial charge in [0.2, 0.25) is 0 Å². The van der Waals surface area contributed by atoms with Crippen LogP contribution in [0.2, 0.25) is 5.02 Å². The monoisotopic (exact) mass is 323 g/mol.